The topological polar surface area (TPSA) is 66.4 Å². The minimum Gasteiger partial charge on any atom is -0.478 e. The summed E-state index contributed by atoms with van der Waals surface area (Å²) in [6.07, 6.45) is 4.85. The van der Waals surface area contributed by atoms with Crippen LogP contribution >= 0.6 is 0 Å². The van der Waals surface area contributed by atoms with Crippen LogP contribution in [0.5, 0.6) is 0 Å². The van der Waals surface area contributed by atoms with E-state index in [9.17, 15) is 9.59 Å². The van der Waals surface area contributed by atoms with E-state index in [-0.39, 0.29) is 11.5 Å². The van der Waals surface area contributed by atoms with Crippen LogP contribution in [-0.4, -0.2) is 17.0 Å². The highest BCUT2D eigenvalue weighted by molar-refractivity contribution is 5.92. The Morgan fingerprint density at radius 3 is 2.30 bits per heavy atom. The fourth-order valence-corrected chi connectivity index (χ4v) is 1.93. The number of anilines is 1. The van der Waals surface area contributed by atoms with Crippen molar-refractivity contribution in [1.82, 2.24) is 0 Å². The Bertz CT molecular complexity index is 438. The number of benzene rings is 1. The lowest BCUT2D eigenvalue weighted by Gasteiger charge is -2.06. The molecule has 1 amide bonds. The van der Waals surface area contributed by atoms with Crippen molar-refractivity contribution >= 4 is 17.6 Å². The molecule has 0 unspecified atom stereocenters. The van der Waals surface area contributed by atoms with Crippen LogP contribution in [0.1, 0.15) is 56.3 Å². The molecule has 0 fully saturated rings. The average Bonchev–Trinajstić information content (AvgIpc) is 2.38. The third kappa shape index (κ3) is 6.36. The fraction of sp³-hybridized carbons (Fsp3) is 0.500. The monoisotopic (exact) mass is 277 g/mol. The van der Waals surface area contributed by atoms with Gasteiger partial charge in [-0.2, -0.15) is 0 Å². The Morgan fingerprint density at radius 2 is 1.75 bits per heavy atom. The smallest absolute Gasteiger partial charge is 0.335 e. The molecular formula is C16H23NO3. The van der Waals surface area contributed by atoms with E-state index in [1.807, 2.05) is 0 Å². The van der Waals surface area contributed by atoms with Crippen molar-refractivity contribution in [1.29, 1.82) is 0 Å². The van der Waals surface area contributed by atoms with Gasteiger partial charge < -0.3 is 10.4 Å². The Labute approximate surface area is 120 Å². The van der Waals surface area contributed by atoms with Crippen molar-refractivity contribution < 1.29 is 14.7 Å². The third-order valence-electron chi connectivity index (χ3n) is 3.10. The van der Waals surface area contributed by atoms with Crippen molar-refractivity contribution in [3.8, 4) is 0 Å². The van der Waals surface area contributed by atoms with Gasteiger partial charge in [-0.05, 0) is 36.6 Å². The minimum atomic E-state index is -0.965. The number of carboxylic acids is 1. The molecule has 4 nitrogen and oxygen atoms in total. The number of hydrogen-bond donors (Lipinski definition) is 2. The summed E-state index contributed by atoms with van der Waals surface area (Å²) in [5, 5.41) is 11.6. The fourth-order valence-electron chi connectivity index (χ4n) is 1.93. The Hall–Kier alpha value is -1.84. The maximum Gasteiger partial charge on any atom is 0.335 e. The minimum absolute atomic E-state index is 0.0161. The standard InChI is InChI=1S/C16H23NO3/c1-12(2)6-4-3-5-7-15(18)17-14-10-8-13(9-11-14)16(19)20/h8-12H,3-7H2,1-2H3,(H,17,18)(H,19,20). The molecule has 110 valence electrons. The van der Waals surface area contributed by atoms with Crippen LogP contribution < -0.4 is 5.32 Å². The molecule has 0 aliphatic rings. The number of hydrogen-bond acceptors (Lipinski definition) is 2. The maximum absolute atomic E-state index is 11.7. The summed E-state index contributed by atoms with van der Waals surface area (Å²) < 4.78 is 0. The van der Waals surface area contributed by atoms with E-state index >= 15 is 0 Å². The van der Waals surface area contributed by atoms with Gasteiger partial charge in [-0.1, -0.05) is 33.1 Å². The zero-order valence-electron chi connectivity index (χ0n) is 12.2. The van der Waals surface area contributed by atoms with Crippen LogP contribution in [0.25, 0.3) is 0 Å². The molecule has 0 aliphatic carbocycles. The van der Waals surface area contributed by atoms with Gasteiger partial charge >= 0.3 is 5.97 Å². The average molecular weight is 277 g/mol. The van der Waals surface area contributed by atoms with Gasteiger partial charge in [0.15, 0.2) is 0 Å². The van der Waals surface area contributed by atoms with E-state index in [1.54, 1.807) is 12.1 Å². The maximum atomic E-state index is 11.7. The van der Waals surface area contributed by atoms with Gasteiger partial charge in [0.25, 0.3) is 0 Å². The molecule has 4 heteroatoms. The van der Waals surface area contributed by atoms with Gasteiger partial charge in [0.05, 0.1) is 5.56 Å². The zero-order chi connectivity index (χ0) is 15.0. The van der Waals surface area contributed by atoms with Crippen molar-refractivity contribution in [2.75, 3.05) is 5.32 Å². The lowest BCUT2D eigenvalue weighted by Crippen LogP contribution is -2.11. The van der Waals surface area contributed by atoms with Crippen LogP contribution in [0.3, 0.4) is 0 Å². The molecule has 0 heterocycles. The number of aromatic carboxylic acids is 1. The molecule has 0 saturated carbocycles. The molecule has 0 bridgehead atoms. The number of rotatable bonds is 8. The summed E-state index contributed by atoms with van der Waals surface area (Å²) in [5.74, 6) is -0.262. The molecule has 0 aliphatic heterocycles. The van der Waals surface area contributed by atoms with Gasteiger partial charge in [-0.25, -0.2) is 4.79 Å². The number of carbonyl (C=O) groups excluding carboxylic acids is 1. The molecule has 20 heavy (non-hydrogen) atoms. The summed E-state index contributed by atoms with van der Waals surface area (Å²) in [4.78, 5) is 22.4. The number of amides is 1. The van der Waals surface area contributed by atoms with Crippen molar-refractivity contribution in [2.45, 2.75) is 46.0 Å². The Morgan fingerprint density at radius 1 is 1.10 bits per heavy atom. The van der Waals surface area contributed by atoms with Gasteiger partial charge in [0.2, 0.25) is 5.91 Å². The highest BCUT2D eigenvalue weighted by Gasteiger charge is 2.05. The van der Waals surface area contributed by atoms with Crippen LogP contribution in [-0.2, 0) is 4.79 Å². The first-order valence-electron chi connectivity index (χ1n) is 7.12. The number of unbranched alkanes of at least 4 members (excludes halogenated alkanes) is 2. The zero-order valence-corrected chi connectivity index (χ0v) is 12.2. The van der Waals surface area contributed by atoms with E-state index in [4.69, 9.17) is 5.11 Å². The molecule has 0 aromatic heterocycles. The second-order valence-corrected chi connectivity index (χ2v) is 5.42. The second-order valence-electron chi connectivity index (χ2n) is 5.42. The number of carboxylic acid groups (broad SMARTS) is 1. The first kappa shape index (κ1) is 16.2. The Balaban J connectivity index is 2.26. The van der Waals surface area contributed by atoms with Crippen LogP contribution in [0.4, 0.5) is 5.69 Å². The van der Waals surface area contributed by atoms with E-state index < -0.39 is 5.97 Å². The van der Waals surface area contributed by atoms with Crippen LogP contribution in [0, 0.1) is 5.92 Å². The van der Waals surface area contributed by atoms with Gasteiger partial charge in [-0.3, -0.25) is 4.79 Å². The van der Waals surface area contributed by atoms with E-state index in [1.165, 1.54) is 18.6 Å². The summed E-state index contributed by atoms with van der Waals surface area (Å²) in [6, 6.07) is 6.20. The molecule has 0 atom stereocenters. The predicted molar refractivity (Wildman–Crippen MR) is 80.0 cm³/mol. The van der Waals surface area contributed by atoms with Gasteiger partial charge in [-0.15, -0.1) is 0 Å². The highest BCUT2D eigenvalue weighted by atomic mass is 16.4. The first-order valence-corrected chi connectivity index (χ1v) is 7.12. The molecule has 2 N–H and O–H groups in total. The summed E-state index contributed by atoms with van der Waals surface area (Å²) in [7, 11) is 0. The summed E-state index contributed by atoms with van der Waals surface area (Å²) >= 11 is 0. The molecule has 0 saturated heterocycles. The molecule has 0 spiro atoms. The summed E-state index contributed by atoms with van der Waals surface area (Å²) in [5.41, 5.74) is 0.860. The quantitative estimate of drug-likeness (QED) is 0.707. The highest BCUT2D eigenvalue weighted by Crippen LogP contribution is 2.12. The molecule has 1 aromatic carbocycles. The number of carbonyl (C=O) groups is 2. The van der Waals surface area contributed by atoms with Crippen LogP contribution in [0.2, 0.25) is 0 Å². The van der Waals surface area contributed by atoms with E-state index in [0.717, 1.165) is 25.2 Å². The molecular weight excluding hydrogens is 254 g/mol. The van der Waals surface area contributed by atoms with Crippen molar-refractivity contribution in [3.63, 3.8) is 0 Å². The van der Waals surface area contributed by atoms with Crippen molar-refractivity contribution in [3.05, 3.63) is 29.8 Å². The lowest BCUT2D eigenvalue weighted by atomic mass is 10.0. The predicted octanol–water partition coefficient (Wildman–Crippen LogP) is 3.93. The van der Waals surface area contributed by atoms with Gasteiger partial charge in [0.1, 0.15) is 0 Å². The Kier molecular flexibility index (Phi) is 6.77. The summed E-state index contributed by atoms with van der Waals surface area (Å²) in [6.45, 7) is 4.40. The molecule has 0 radical (unpaired) electrons. The van der Waals surface area contributed by atoms with Gasteiger partial charge in [0, 0.05) is 12.1 Å². The third-order valence-corrected chi connectivity index (χ3v) is 3.10. The lowest BCUT2D eigenvalue weighted by molar-refractivity contribution is -0.116. The number of nitrogens with one attached hydrogen (secondary N) is 1. The molecule has 1 rings (SSSR count). The van der Waals surface area contributed by atoms with E-state index in [0.29, 0.717) is 12.1 Å². The van der Waals surface area contributed by atoms with Crippen molar-refractivity contribution in [2.24, 2.45) is 5.92 Å². The van der Waals surface area contributed by atoms with Crippen LogP contribution in [0.15, 0.2) is 24.3 Å². The normalized spacial score (nSPS) is 10.6. The first-order chi connectivity index (χ1) is 9.49. The largest absolute Gasteiger partial charge is 0.478 e. The SMILES string of the molecule is CC(C)CCCCCC(=O)Nc1ccc(C(=O)O)cc1. The second kappa shape index (κ2) is 8.35. The van der Waals surface area contributed by atoms with E-state index in [2.05, 4.69) is 19.2 Å². The molecule has 1 aromatic rings.